The number of fused-ring (bicyclic) bond motifs is 2. The summed E-state index contributed by atoms with van der Waals surface area (Å²) in [5.41, 5.74) is 1.74. The molecule has 1 saturated heterocycles. The summed E-state index contributed by atoms with van der Waals surface area (Å²) < 4.78 is 5.98. The van der Waals surface area contributed by atoms with Gasteiger partial charge >= 0.3 is 0 Å². The topological polar surface area (TPSA) is 74.4 Å². The molecule has 0 spiro atoms. The molecule has 1 aromatic carbocycles. The Hall–Kier alpha value is -2.80. The molecular formula is C19H18ClN5O2. The third-order valence-corrected chi connectivity index (χ3v) is 5.47. The molecule has 1 atom stereocenters. The van der Waals surface area contributed by atoms with Crippen molar-refractivity contribution in [3.8, 4) is 5.75 Å². The van der Waals surface area contributed by atoms with Crippen LogP contribution < -0.4 is 9.64 Å². The van der Waals surface area contributed by atoms with E-state index in [9.17, 15) is 4.79 Å². The van der Waals surface area contributed by atoms with Crippen molar-refractivity contribution in [2.24, 2.45) is 0 Å². The number of carbonyl (C=O) groups excluding carboxylic acids is 1. The molecule has 2 aromatic heterocycles. The fourth-order valence-electron chi connectivity index (χ4n) is 3.83. The average Bonchev–Trinajstić information content (AvgIpc) is 3.03. The number of nitrogens with one attached hydrogen (secondary N) is 1. The van der Waals surface area contributed by atoms with E-state index in [0.717, 1.165) is 34.7 Å². The normalized spacial score (nSPS) is 18.8. The Morgan fingerprint density at radius 2 is 2.11 bits per heavy atom. The zero-order chi connectivity index (χ0) is 18.4. The van der Waals surface area contributed by atoms with Gasteiger partial charge in [0.1, 0.15) is 35.5 Å². The van der Waals surface area contributed by atoms with Gasteiger partial charge in [0.15, 0.2) is 0 Å². The molecule has 1 amide bonds. The maximum atomic E-state index is 12.8. The van der Waals surface area contributed by atoms with Crippen molar-refractivity contribution in [3.05, 3.63) is 47.4 Å². The maximum Gasteiger partial charge on any atom is 0.227 e. The molecule has 3 aromatic rings. The number of aromatic amines is 1. The number of aromatic nitrogens is 3. The lowest BCUT2D eigenvalue weighted by atomic mass is 10.1. The second-order valence-electron chi connectivity index (χ2n) is 6.88. The summed E-state index contributed by atoms with van der Waals surface area (Å²) in [6.07, 6.45) is 3.77. The average molecular weight is 384 g/mol. The van der Waals surface area contributed by atoms with E-state index in [1.54, 1.807) is 6.33 Å². The summed E-state index contributed by atoms with van der Waals surface area (Å²) >= 11 is 5.92. The number of halogens is 1. The number of carbonyl (C=O) groups is 1. The second-order valence-corrected chi connectivity index (χ2v) is 7.31. The van der Waals surface area contributed by atoms with Gasteiger partial charge in [0.25, 0.3) is 0 Å². The zero-order valence-corrected chi connectivity index (χ0v) is 15.3. The van der Waals surface area contributed by atoms with Gasteiger partial charge in [-0.05, 0) is 17.7 Å². The fraction of sp³-hybridized carbons (Fsp3) is 0.316. The summed E-state index contributed by atoms with van der Waals surface area (Å²) in [6, 6.07) is 7.50. The summed E-state index contributed by atoms with van der Waals surface area (Å²) in [6.45, 7) is 2.51. The lowest BCUT2D eigenvalue weighted by Gasteiger charge is -2.41. The number of nitrogens with zero attached hydrogens (tertiary/aromatic N) is 4. The predicted molar refractivity (Wildman–Crippen MR) is 102 cm³/mol. The number of H-pyrrole nitrogens is 1. The molecule has 0 aliphatic carbocycles. The van der Waals surface area contributed by atoms with E-state index in [4.69, 9.17) is 16.3 Å². The Kier molecular flexibility index (Phi) is 3.89. The van der Waals surface area contributed by atoms with Crippen LogP contribution in [0.4, 0.5) is 5.82 Å². The highest BCUT2D eigenvalue weighted by Gasteiger charge is 2.34. The molecule has 0 saturated carbocycles. The molecular weight excluding hydrogens is 366 g/mol. The minimum Gasteiger partial charge on any atom is -0.489 e. The first kappa shape index (κ1) is 16.4. The number of hydrogen-bond donors (Lipinski definition) is 1. The minimum atomic E-state index is 0.0680. The van der Waals surface area contributed by atoms with Gasteiger partial charge in [-0.2, -0.15) is 0 Å². The van der Waals surface area contributed by atoms with E-state index in [0.29, 0.717) is 31.1 Å². The largest absolute Gasteiger partial charge is 0.489 e. The van der Waals surface area contributed by atoms with Crippen LogP contribution in [0.5, 0.6) is 5.75 Å². The van der Waals surface area contributed by atoms with E-state index in [1.807, 2.05) is 35.4 Å². The van der Waals surface area contributed by atoms with Crippen molar-refractivity contribution in [3.63, 3.8) is 0 Å². The van der Waals surface area contributed by atoms with Crippen molar-refractivity contribution < 1.29 is 9.53 Å². The van der Waals surface area contributed by atoms with Crippen LogP contribution in [-0.2, 0) is 11.2 Å². The lowest BCUT2D eigenvalue weighted by molar-refractivity contribution is -0.131. The minimum absolute atomic E-state index is 0.0680. The van der Waals surface area contributed by atoms with Crippen molar-refractivity contribution >= 4 is 34.4 Å². The quantitative estimate of drug-likeness (QED) is 0.734. The van der Waals surface area contributed by atoms with E-state index in [2.05, 4.69) is 19.9 Å². The SMILES string of the molecule is O=C(Cc1ccc(Cl)cc1)N1CCN2c3ncnc4[nH]cc(c34)OC[C@H]2C1. The number of benzene rings is 1. The molecule has 4 heterocycles. The molecule has 7 nitrogen and oxygen atoms in total. The van der Waals surface area contributed by atoms with Gasteiger partial charge in [0.05, 0.1) is 12.5 Å². The Labute approximate surface area is 160 Å². The highest BCUT2D eigenvalue weighted by atomic mass is 35.5. The fourth-order valence-corrected chi connectivity index (χ4v) is 3.95. The molecule has 8 heteroatoms. The van der Waals surface area contributed by atoms with Crippen LogP contribution >= 0.6 is 11.6 Å². The van der Waals surface area contributed by atoms with Crippen molar-refractivity contribution in [1.82, 2.24) is 19.9 Å². The Morgan fingerprint density at radius 3 is 2.96 bits per heavy atom. The molecule has 27 heavy (non-hydrogen) atoms. The summed E-state index contributed by atoms with van der Waals surface area (Å²) in [7, 11) is 0. The highest BCUT2D eigenvalue weighted by molar-refractivity contribution is 6.30. The van der Waals surface area contributed by atoms with E-state index >= 15 is 0 Å². The molecule has 2 aliphatic rings. The van der Waals surface area contributed by atoms with Gasteiger partial charge in [-0.25, -0.2) is 9.97 Å². The molecule has 0 bridgehead atoms. The second kappa shape index (κ2) is 6.42. The van der Waals surface area contributed by atoms with E-state index in [1.165, 1.54) is 0 Å². The smallest absolute Gasteiger partial charge is 0.227 e. The molecule has 2 aliphatic heterocycles. The number of piperazine rings is 1. The molecule has 138 valence electrons. The van der Waals surface area contributed by atoms with Gasteiger partial charge in [-0.1, -0.05) is 23.7 Å². The lowest BCUT2D eigenvalue weighted by Crippen LogP contribution is -2.57. The Morgan fingerprint density at radius 1 is 1.26 bits per heavy atom. The highest BCUT2D eigenvalue weighted by Crippen LogP contribution is 2.36. The number of rotatable bonds is 2. The van der Waals surface area contributed by atoms with E-state index < -0.39 is 0 Å². The monoisotopic (exact) mass is 383 g/mol. The van der Waals surface area contributed by atoms with Gasteiger partial charge in [-0.3, -0.25) is 4.79 Å². The first-order valence-electron chi connectivity index (χ1n) is 8.93. The predicted octanol–water partition coefficient (Wildman–Crippen LogP) is 2.26. The van der Waals surface area contributed by atoms with Gasteiger partial charge in [0.2, 0.25) is 5.91 Å². The van der Waals surface area contributed by atoms with Gasteiger partial charge in [-0.15, -0.1) is 0 Å². The molecule has 1 fully saturated rings. The number of ether oxygens (including phenoxy) is 1. The summed E-state index contributed by atoms with van der Waals surface area (Å²) in [5.74, 6) is 1.77. The first-order chi connectivity index (χ1) is 13.2. The first-order valence-corrected chi connectivity index (χ1v) is 9.30. The number of anilines is 1. The van der Waals surface area contributed by atoms with Gasteiger partial charge in [0, 0.05) is 30.9 Å². The summed E-state index contributed by atoms with van der Waals surface area (Å²) in [5, 5.41) is 1.59. The van der Waals surface area contributed by atoms with E-state index in [-0.39, 0.29) is 11.9 Å². The molecule has 0 radical (unpaired) electrons. The van der Waals surface area contributed by atoms with Crippen LogP contribution in [0.3, 0.4) is 0 Å². The summed E-state index contributed by atoms with van der Waals surface area (Å²) in [4.78, 5) is 28.8. The van der Waals surface area contributed by atoms with Crippen LogP contribution in [0.25, 0.3) is 11.0 Å². The third-order valence-electron chi connectivity index (χ3n) is 5.22. The number of amides is 1. The van der Waals surface area contributed by atoms with Crippen molar-refractivity contribution in [2.75, 3.05) is 31.1 Å². The number of hydrogen-bond acceptors (Lipinski definition) is 5. The van der Waals surface area contributed by atoms with Crippen LogP contribution in [0, 0.1) is 0 Å². The van der Waals surface area contributed by atoms with Crippen LogP contribution in [0.2, 0.25) is 5.02 Å². The standard InChI is InChI=1S/C19H18ClN5O2/c20-13-3-1-12(2-4-13)7-16(26)24-5-6-25-14(9-24)10-27-15-8-21-18-17(15)19(25)23-11-22-18/h1-4,8,11,14H,5-7,9-10H2,(H,21,22,23)/t14-/m1/s1. The third kappa shape index (κ3) is 2.88. The maximum absolute atomic E-state index is 12.8. The van der Waals surface area contributed by atoms with Crippen molar-refractivity contribution in [2.45, 2.75) is 12.5 Å². The van der Waals surface area contributed by atoms with Crippen LogP contribution in [0.15, 0.2) is 36.8 Å². The van der Waals surface area contributed by atoms with Crippen molar-refractivity contribution in [1.29, 1.82) is 0 Å². The van der Waals surface area contributed by atoms with Crippen LogP contribution in [0.1, 0.15) is 5.56 Å². The Balaban J connectivity index is 1.35. The van der Waals surface area contributed by atoms with Gasteiger partial charge < -0.3 is 19.5 Å². The molecule has 0 unspecified atom stereocenters. The molecule has 1 N–H and O–H groups in total. The van der Waals surface area contributed by atoms with Crippen LogP contribution in [-0.4, -0.2) is 58.0 Å². The zero-order valence-electron chi connectivity index (χ0n) is 14.6. The molecule has 5 rings (SSSR count). The Bertz CT molecular complexity index is 1000.